The zero-order valence-electron chi connectivity index (χ0n) is 27.5. The lowest BCUT2D eigenvalue weighted by Crippen LogP contribution is -3.00. The van der Waals surface area contributed by atoms with Gasteiger partial charge in [0.1, 0.15) is 12.1 Å². The Morgan fingerprint density at radius 1 is 0.690 bits per heavy atom. The predicted molar refractivity (Wildman–Crippen MR) is 161 cm³/mol. The molecule has 4 aliphatic carbocycles. The Kier molecular flexibility index (Phi) is 9.30. The fraction of sp³-hybridized carbons (Fsp3) is 0.943. The van der Waals surface area contributed by atoms with Crippen LogP contribution in [-0.2, 0) is 19.1 Å². The standard InChI is InChI=1S/C35H60N2O4.BrH/c1-24(38)40-32-21-26-13-14-27-28(35(26,4)23-31(32)37(6)19-11-8-12-20-37)15-16-34(3)29(27)22-30(33(34)41-25(2)39)36(5)17-9-7-10-18-36;/h26-33H,7-23H2,1-6H3;1H/q+2;/p-1/t26-,27?,28-,29-,30?,31?,32-,33?,34?,35?;/m0./s1. The molecule has 10 atom stereocenters. The first-order valence-corrected chi connectivity index (χ1v) is 17.4. The zero-order chi connectivity index (χ0) is 29.2. The Hall–Kier alpha value is -0.660. The number of likely N-dealkylation sites (tertiary alicyclic amines) is 2. The fourth-order valence-corrected chi connectivity index (χ4v) is 12.3. The lowest BCUT2D eigenvalue weighted by Gasteiger charge is -2.63. The topological polar surface area (TPSA) is 52.6 Å². The number of hydrogen-bond donors (Lipinski definition) is 0. The smallest absolute Gasteiger partial charge is 0.303 e. The number of fused-ring (bicyclic) bond motifs is 5. The maximum absolute atomic E-state index is 12.5. The SMILES string of the molecule is CC(=O)OC1C([N+]2(C)CCCCC2)C[C@H]2C3CC[C@H]4C[C@H](OC(C)=O)C([N+]5(C)CCCCC5)CC4(C)[C@H]3CCC12C.[Br-]. The second-order valence-electron chi connectivity index (χ2n) is 16.7. The number of rotatable bonds is 4. The van der Waals surface area contributed by atoms with Crippen LogP contribution in [0.25, 0.3) is 0 Å². The lowest BCUT2D eigenvalue weighted by molar-refractivity contribution is -0.943. The van der Waals surface area contributed by atoms with Gasteiger partial charge in [-0.3, -0.25) is 9.59 Å². The fourth-order valence-electron chi connectivity index (χ4n) is 12.3. The number of halogens is 1. The van der Waals surface area contributed by atoms with Crippen molar-refractivity contribution in [3.8, 4) is 0 Å². The summed E-state index contributed by atoms with van der Waals surface area (Å²) in [6.07, 6.45) is 16.4. The molecule has 4 saturated carbocycles. The van der Waals surface area contributed by atoms with Crippen LogP contribution >= 0.6 is 0 Å². The summed E-state index contributed by atoms with van der Waals surface area (Å²) < 4.78 is 14.7. The van der Waals surface area contributed by atoms with Crippen LogP contribution in [0.2, 0.25) is 0 Å². The van der Waals surface area contributed by atoms with Crippen molar-refractivity contribution in [1.29, 1.82) is 0 Å². The molecule has 0 aromatic carbocycles. The Morgan fingerprint density at radius 3 is 1.83 bits per heavy atom. The van der Waals surface area contributed by atoms with Crippen LogP contribution < -0.4 is 17.0 Å². The number of ether oxygens (including phenoxy) is 2. The third-order valence-electron chi connectivity index (χ3n) is 14.5. The Balaban J connectivity index is 0.00000353. The monoisotopic (exact) mass is 651 g/mol. The normalized spacial score (nSPS) is 45.8. The van der Waals surface area contributed by atoms with Gasteiger partial charge in [-0.15, -0.1) is 0 Å². The molecule has 42 heavy (non-hydrogen) atoms. The van der Waals surface area contributed by atoms with Gasteiger partial charge < -0.3 is 35.4 Å². The summed E-state index contributed by atoms with van der Waals surface area (Å²) in [6, 6.07) is 0.846. The molecule has 7 heteroatoms. The highest BCUT2D eigenvalue weighted by atomic mass is 79.9. The minimum atomic E-state index is -0.0998. The quantitative estimate of drug-likeness (QED) is 0.346. The number of nitrogens with zero attached hydrogens (tertiary/aromatic N) is 2. The average molecular weight is 653 g/mol. The minimum Gasteiger partial charge on any atom is -1.00 e. The molecule has 0 spiro atoms. The van der Waals surface area contributed by atoms with E-state index in [9.17, 15) is 9.59 Å². The van der Waals surface area contributed by atoms with Crippen LogP contribution in [-0.4, -0.2) is 85.5 Å². The van der Waals surface area contributed by atoms with Crippen LogP contribution in [0.3, 0.4) is 0 Å². The largest absolute Gasteiger partial charge is 1.00 e. The summed E-state index contributed by atoms with van der Waals surface area (Å²) in [7, 11) is 4.94. The van der Waals surface area contributed by atoms with Gasteiger partial charge in [-0.25, -0.2) is 0 Å². The summed E-state index contributed by atoms with van der Waals surface area (Å²) in [5.74, 6) is 2.52. The van der Waals surface area contributed by atoms with Gasteiger partial charge in [-0.05, 0) is 99.7 Å². The molecule has 6 unspecified atom stereocenters. The van der Waals surface area contributed by atoms with Gasteiger partial charge in [0.25, 0.3) is 0 Å². The summed E-state index contributed by atoms with van der Waals surface area (Å²) >= 11 is 0. The first kappa shape index (κ1) is 32.7. The van der Waals surface area contributed by atoms with Crippen molar-refractivity contribution in [3.05, 3.63) is 0 Å². The van der Waals surface area contributed by atoms with Gasteiger partial charge in [0.15, 0.2) is 12.2 Å². The zero-order valence-corrected chi connectivity index (χ0v) is 29.1. The van der Waals surface area contributed by atoms with E-state index in [-0.39, 0.29) is 46.5 Å². The molecule has 6 rings (SSSR count). The second-order valence-corrected chi connectivity index (χ2v) is 16.7. The van der Waals surface area contributed by atoms with Crippen molar-refractivity contribution >= 4 is 11.9 Å². The highest BCUT2D eigenvalue weighted by Crippen LogP contribution is 2.68. The molecule has 6 aliphatic rings. The molecular weight excluding hydrogens is 592 g/mol. The molecule has 0 N–H and O–H groups in total. The summed E-state index contributed by atoms with van der Waals surface area (Å²) in [5.41, 5.74) is 0.377. The number of likely N-dealkylation sites (N-methyl/N-ethyl adjacent to an activating group) is 2. The molecule has 0 amide bonds. The molecule has 6 fully saturated rings. The van der Waals surface area contributed by atoms with E-state index in [4.69, 9.17) is 9.47 Å². The van der Waals surface area contributed by atoms with E-state index in [1.165, 1.54) is 103 Å². The molecule has 6 nitrogen and oxygen atoms in total. The number of carbonyl (C=O) groups is 2. The third-order valence-corrected chi connectivity index (χ3v) is 14.5. The van der Waals surface area contributed by atoms with Crippen molar-refractivity contribution in [1.82, 2.24) is 0 Å². The lowest BCUT2D eigenvalue weighted by atomic mass is 9.44. The molecule has 0 aromatic rings. The van der Waals surface area contributed by atoms with Gasteiger partial charge in [0, 0.05) is 32.1 Å². The van der Waals surface area contributed by atoms with Crippen LogP contribution in [0.5, 0.6) is 0 Å². The van der Waals surface area contributed by atoms with Crippen molar-refractivity contribution in [3.63, 3.8) is 0 Å². The Morgan fingerprint density at radius 2 is 1.26 bits per heavy atom. The van der Waals surface area contributed by atoms with Crippen molar-refractivity contribution in [2.75, 3.05) is 40.3 Å². The van der Waals surface area contributed by atoms with E-state index in [1.807, 2.05) is 0 Å². The Labute approximate surface area is 266 Å². The van der Waals surface area contributed by atoms with Crippen LogP contribution in [0.1, 0.15) is 111 Å². The summed E-state index contributed by atoms with van der Waals surface area (Å²) in [5, 5.41) is 0. The van der Waals surface area contributed by atoms with Crippen molar-refractivity contribution in [2.24, 2.45) is 34.5 Å². The number of hydrogen-bond acceptors (Lipinski definition) is 4. The molecule has 2 heterocycles. The van der Waals surface area contributed by atoms with E-state index >= 15 is 0 Å². The second kappa shape index (κ2) is 11.9. The van der Waals surface area contributed by atoms with E-state index in [1.54, 1.807) is 13.8 Å². The van der Waals surface area contributed by atoms with E-state index < -0.39 is 0 Å². The number of quaternary nitrogens is 2. The predicted octanol–water partition coefficient (Wildman–Crippen LogP) is 3.11. The summed E-state index contributed by atoms with van der Waals surface area (Å²) in [6.45, 7) is 13.3. The molecule has 2 saturated heterocycles. The molecule has 240 valence electrons. The average Bonchev–Trinajstić information content (AvgIpc) is 3.21. The maximum atomic E-state index is 12.5. The van der Waals surface area contributed by atoms with Crippen molar-refractivity contribution in [2.45, 2.75) is 135 Å². The maximum Gasteiger partial charge on any atom is 0.303 e. The van der Waals surface area contributed by atoms with Gasteiger partial charge in [-0.2, -0.15) is 0 Å². The molecule has 0 aromatic heterocycles. The highest BCUT2D eigenvalue weighted by molar-refractivity contribution is 5.66. The Bertz CT molecular complexity index is 1010. The van der Waals surface area contributed by atoms with Gasteiger partial charge in [0.2, 0.25) is 0 Å². The van der Waals surface area contributed by atoms with Gasteiger partial charge >= 0.3 is 11.9 Å². The molecular formula is C35H60BrN2O4+. The van der Waals surface area contributed by atoms with Crippen LogP contribution in [0.4, 0.5) is 0 Å². The number of esters is 2. The third kappa shape index (κ3) is 5.42. The van der Waals surface area contributed by atoms with E-state index in [0.29, 0.717) is 35.3 Å². The van der Waals surface area contributed by atoms with Crippen LogP contribution in [0, 0.1) is 34.5 Å². The molecule has 0 radical (unpaired) electrons. The number of carbonyl (C=O) groups excluding carboxylic acids is 2. The molecule has 0 bridgehead atoms. The van der Waals surface area contributed by atoms with Crippen LogP contribution in [0.15, 0.2) is 0 Å². The van der Waals surface area contributed by atoms with E-state index in [0.717, 1.165) is 21.3 Å². The minimum absolute atomic E-state index is 0. The first-order valence-electron chi connectivity index (χ1n) is 17.4. The van der Waals surface area contributed by atoms with E-state index in [2.05, 4.69) is 27.9 Å². The van der Waals surface area contributed by atoms with Crippen molar-refractivity contribution < 1.29 is 45.0 Å². The summed E-state index contributed by atoms with van der Waals surface area (Å²) in [4.78, 5) is 24.8. The van der Waals surface area contributed by atoms with Gasteiger partial charge in [0.05, 0.1) is 40.3 Å². The highest BCUT2D eigenvalue weighted by Gasteiger charge is 2.68. The first-order chi connectivity index (χ1) is 19.4. The number of piperidine rings is 2. The molecule has 2 aliphatic heterocycles. The van der Waals surface area contributed by atoms with Gasteiger partial charge in [-0.1, -0.05) is 13.8 Å².